The van der Waals surface area contributed by atoms with Crippen LogP contribution < -0.4 is 5.32 Å². The number of phenols is 1. The first-order chi connectivity index (χ1) is 9.22. The van der Waals surface area contributed by atoms with E-state index in [4.69, 9.17) is 9.47 Å². The molecule has 2 N–H and O–H groups in total. The zero-order valence-electron chi connectivity index (χ0n) is 11.9. The summed E-state index contributed by atoms with van der Waals surface area (Å²) in [7, 11) is 1.68. The van der Waals surface area contributed by atoms with Gasteiger partial charge in [-0.15, -0.1) is 0 Å². The van der Waals surface area contributed by atoms with E-state index in [0.29, 0.717) is 25.0 Å². The Kier molecular flexibility index (Phi) is 8.21. The van der Waals surface area contributed by atoms with E-state index in [2.05, 4.69) is 12.2 Å². The maximum absolute atomic E-state index is 9.21. The average Bonchev–Trinajstić information content (AvgIpc) is 2.40. The van der Waals surface area contributed by atoms with Crippen molar-refractivity contribution in [2.45, 2.75) is 25.8 Å². The minimum Gasteiger partial charge on any atom is -0.508 e. The Hall–Kier alpha value is -1.10. The van der Waals surface area contributed by atoms with Crippen molar-refractivity contribution < 1.29 is 14.6 Å². The lowest BCUT2D eigenvalue weighted by molar-refractivity contribution is 0.0693. The summed E-state index contributed by atoms with van der Waals surface area (Å²) < 4.78 is 10.3. The molecule has 108 valence electrons. The van der Waals surface area contributed by atoms with Gasteiger partial charge in [-0.05, 0) is 44.0 Å². The van der Waals surface area contributed by atoms with Crippen LogP contribution in [0, 0.1) is 0 Å². The molecule has 4 nitrogen and oxygen atoms in total. The molecule has 0 aliphatic carbocycles. The summed E-state index contributed by atoms with van der Waals surface area (Å²) in [6.07, 6.45) is 1.97. The fourth-order valence-corrected chi connectivity index (χ4v) is 1.82. The molecular weight excluding hydrogens is 242 g/mol. The SMILES string of the molecule is COCCOCCCNC(C)Cc1ccc(O)cc1. The van der Waals surface area contributed by atoms with E-state index in [0.717, 1.165) is 26.0 Å². The van der Waals surface area contributed by atoms with Crippen molar-refractivity contribution in [1.82, 2.24) is 5.32 Å². The summed E-state index contributed by atoms with van der Waals surface area (Å²) in [4.78, 5) is 0. The summed E-state index contributed by atoms with van der Waals surface area (Å²) in [6, 6.07) is 7.80. The van der Waals surface area contributed by atoms with E-state index in [-0.39, 0.29) is 0 Å². The standard InChI is InChI=1S/C15H25NO3/c1-13(12-14-4-6-15(17)7-5-14)16-8-3-9-19-11-10-18-2/h4-7,13,16-17H,3,8-12H2,1-2H3. The first-order valence-electron chi connectivity index (χ1n) is 6.80. The Morgan fingerprint density at radius 3 is 2.58 bits per heavy atom. The second kappa shape index (κ2) is 9.78. The van der Waals surface area contributed by atoms with E-state index in [9.17, 15) is 5.11 Å². The lowest BCUT2D eigenvalue weighted by atomic mass is 10.1. The van der Waals surface area contributed by atoms with Gasteiger partial charge in [0.2, 0.25) is 0 Å². The maximum atomic E-state index is 9.21. The summed E-state index contributed by atoms with van der Waals surface area (Å²) >= 11 is 0. The molecule has 1 rings (SSSR count). The van der Waals surface area contributed by atoms with Gasteiger partial charge in [-0.25, -0.2) is 0 Å². The molecular formula is C15H25NO3. The number of phenolic OH excluding ortho intramolecular Hbond substituents is 1. The molecule has 0 amide bonds. The Morgan fingerprint density at radius 2 is 1.89 bits per heavy atom. The molecule has 1 atom stereocenters. The molecule has 0 heterocycles. The Balaban J connectivity index is 2.04. The summed E-state index contributed by atoms with van der Waals surface area (Å²) in [5.41, 5.74) is 1.23. The first kappa shape index (κ1) is 16.0. The van der Waals surface area contributed by atoms with Gasteiger partial charge < -0.3 is 19.9 Å². The molecule has 1 aromatic carbocycles. The van der Waals surface area contributed by atoms with Crippen molar-refractivity contribution in [3.05, 3.63) is 29.8 Å². The molecule has 0 saturated heterocycles. The fourth-order valence-electron chi connectivity index (χ4n) is 1.82. The minimum absolute atomic E-state index is 0.317. The number of methoxy groups -OCH3 is 1. The van der Waals surface area contributed by atoms with Gasteiger partial charge in [-0.1, -0.05) is 12.1 Å². The number of hydrogen-bond acceptors (Lipinski definition) is 4. The van der Waals surface area contributed by atoms with Gasteiger partial charge in [0.25, 0.3) is 0 Å². The quantitative estimate of drug-likeness (QED) is 0.636. The average molecular weight is 267 g/mol. The highest BCUT2D eigenvalue weighted by Gasteiger charge is 2.02. The number of rotatable bonds is 10. The van der Waals surface area contributed by atoms with E-state index < -0.39 is 0 Å². The summed E-state index contributed by atoms with van der Waals surface area (Å²) in [6.45, 7) is 5.21. The largest absolute Gasteiger partial charge is 0.508 e. The van der Waals surface area contributed by atoms with Crippen molar-refractivity contribution in [2.24, 2.45) is 0 Å². The number of ether oxygens (including phenoxy) is 2. The van der Waals surface area contributed by atoms with Gasteiger partial charge in [0.05, 0.1) is 13.2 Å². The highest BCUT2D eigenvalue weighted by atomic mass is 16.5. The van der Waals surface area contributed by atoms with Crippen LogP contribution in [0.4, 0.5) is 0 Å². The lowest BCUT2D eigenvalue weighted by Crippen LogP contribution is -2.29. The molecule has 0 fully saturated rings. The predicted molar refractivity (Wildman–Crippen MR) is 76.6 cm³/mol. The molecule has 1 unspecified atom stereocenters. The molecule has 0 aliphatic heterocycles. The molecule has 0 aliphatic rings. The van der Waals surface area contributed by atoms with Crippen molar-refractivity contribution in [3.63, 3.8) is 0 Å². The van der Waals surface area contributed by atoms with Gasteiger partial charge in [-0.2, -0.15) is 0 Å². The molecule has 1 aromatic rings. The minimum atomic E-state index is 0.317. The van der Waals surface area contributed by atoms with E-state index in [1.54, 1.807) is 19.2 Å². The second-order valence-corrected chi connectivity index (χ2v) is 4.68. The molecule has 4 heteroatoms. The number of benzene rings is 1. The summed E-state index contributed by atoms with van der Waals surface area (Å²) in [5.74, 6) is 0.317. The van der Waals surface area contributed by atoms with Gasteiger partial charge in [0.1, 0.15) is 5.75 Å². The predicted octanol–water partition coefficient (Wildman–Crippen LogP) is 1.97. The van der Waals surface area contributed by atoms with Crippen LogP contribution >= 0.6 is 0 Å². The van der Waals surface area contributed by atoms with Gasteiger partial charge >= 0.3 is 0 Å². The molecule has 0 aromatic heterocycles. The van der Waals surface area contributed by atoms with E-state index in [1.807, 2.05) is 12.1 Å². The van der Waals surface area contributed by atoms with Crippen LogP contribution in [-0.4, -0.2) is 44.6 Å². The number of nitrogens with one attached hydrogen (secondary N) is 1. The Bertz CT molecular complexity index is 327. The molecule has 0 radical (unpaired) electrons. The van der Waals surface area contributed by atoms with Gasteiger partial charge in [-0.3, -0.25) is 0 Å². The molecule has 19 heavy (non-hydrogen) atoms. The monoisotopic (exact) mass is 267 g/mol. The number of aromatic hydroxyl groups is 1. The fraction of sp³-hybridized carbons (Fsp3) is 0.600. The van der Waals surface area contributed by atoms with Crippen LogP contribution in [0.25, 0.3) is 0 Å². The van der Waals surface area contributed by atoms with Crippen molar-refractivity contribution in [2.75, 3.05) is 33.5 Å². The molecule has 0 saturated carbocycles. The zero-order valence-corrected chi connectivity index (χ0v) is 11.9. The van der Waals surface area contributed by atoms with E-state index >= 15 is 0 Å². The maximum Gasteiger partial charge on any atom is 0.115 e. The summed E-state index contributed by atoms with van der Waals surface area (Å²) in [5, 5.41) is 12.7. The lowest BCUT2D eigenvalue weighted by Gasteiger charge is -2.14. The Labute approximate surface area is 115 Å². The van der Waals surface area contributed by atoms with Crippen LogP contribution in [0.3, 0.4) is 0 Å². The van der Waals surface area contributed by atoms with Crippen molar-refractivity contribution >= 4 is 0 Å². The normalized spacial score (nSPS) is 12.5. The Morgan fingerprint density at radius 1 is 1.16 bits per heavy atom. The van der Waals surface area contributed by atoms with Gasteiger partial charge in [0, 0.05) is 19.8 Å². The molecule has 0 spiro atoms. The van der Waals surface area contributed by atoms with Gasteiger partial charge in [0.15, 0.2) is 0 Å². The van der Waals surface area contributed by atoms with E-state index in [1.165, 1.54) is 5.56 Å². The first-order valence-corrected chi connectivity index (χ1v) is 6.80. The third-order valence-electron chi connectivity index (χ3n) is 2.87. The smallest absolute Gasteiger partial charge is 0.115 e. The van der Waals surface area contributed by atoms with Crippen molar-refractivity contribution in [1.29, 1.82) is 0 Å². The second-order valence-electron chi connectivity index (χ2n) is 4.68. The van der Waals surface area contributed by atoms with Crippen molar-refractivity contribution in [3.8, 4) is 5.75 Å². The van der Waals surface area contributed by atoms with Crippen LogP contribution in [0.1, 0.15) is 18.9 Å². The zero-order chi connectivity index (χ0) is 13.9. The highest BCUT2D eigenvalue weighted by molar-refractivity contribution is 5.26. The van der Waals surface area contributed by atoms with Crippen LogP contribution in [0.2, 0.25) is 0 Å². The van der Waals surface area contributed by atoms with Crippen LogP contribution in [-0.2, 0) is 15.9 Å². The van der Waals surface area contributed by atoms with Crippen LogP contribution in [0.5, 0.6) is 5.75 Å². The molecule has 0 bridgehead atoms. The topological polar surface area (TPSA) is 50.7 Å². The highest BCUT2D eigenvalue weighted by Crippen LogP contribution is 2.11. The van der Waals surface area contributed by atoms with Crippen LogP contribution in [0.15, 0.2) is 24.3 Å². The number of hydrogen-bond donors (Lipinski definition) is 2. The third kappa shape index (κ3) is 7.82. The third-order valence-corrected chi connectivity index (χ3v) is 2.87.